The Morgan fingerprint density at radius 1 is 1.20 bits per heavy atom. The highest BCUT2D eigenvalue weighted by molar-refractivity contribution is 5.86. The van der Waals surface area contributed by atoms with Crippen molar-refractivity contribution in [3.05, 3.63) is 0 Å². The molecule has 0 fully saturated rings. The molecule has 0 amide bonds. The van der Waals surface area contributed by atoms with Gasteiger partial charge in [0.05, 0.1) is 6.54 Å². The van der Waals surface area contributed by atoms with E-state index in [0.717, 1.165) is 0 Å². The average molecular weight is 143 g/mol. The molecule has 3 nitrogen and oxygen atoms in total. The fourth-order valence-electron chi connectivity index (χ4n) is 0.558. The van der Waals surface area contributed by atoms with E-state index in [1.807, 2.05) is 0 Å². The third-order valence-corrected chi connectivity index (χ3v) is 1.30. The summed E-state index contributed by atoms with van der Waals surface area (Å²) in [6, 6.07) is 0. The molecule has 0 aromatic rings. The van der Waals surface area contributed by atoms with Gasteiger partial charge in [-0.05, 0) is 0 Å². The van der Waals surface area contributed by atoms with Gasteiger partial charge in [0, 0.05) is 19.3 Å². The number of rotatable bonds is 5. The number of Topliss-reactive ketones (excluding diaryl/α,β-unsaturated/α-hetero) is 2. The molecule has 10 heavy (non-hydrogen) atoms. The quantitative estimate of drug-likeness (QED) is 0.601. The van der Waals surface area contributed by atoms with E-state index >= 15 is 0 Å². The highest BCUT2D eigenvalue weighted by Gasteiger charge is 2.02. The molecule has 0 saturated carbocycles. The van der Waals surface area contributed by atoms with Crippen LogP contribution in [0.15, 0.2) is 0 Å². The maximum absolute atomic E-state index is 10.6. The summed E-state index contributed by atoms with van der Waals surface area (Å²) >= 11 is 0. The van der Waals surface area contributed by atoms with Crippen LogP contribution in [0.25, 0.3) is 0 Å². The van der Waals surface area contributed by atoms with Crippen LogP contribution in [-0.4, -0.2) is 18.1 Å². The zero-order chi connectivity index (χ0) is 7.98. The van der Waals surface area contributed by atoms with Crippen LogP contribution in [0.1, 0.15) is 26.2 Å². The summed E-state index contributed by atoms with van der Waals surface area (Å²) in [6.07, 6.45) is 1.17. The van der Waals surface area contributed by atoms with E-state index in [1.54, 1.807) is 6.92 Å². The third kappa shape index (κ3) is 4.21. The molecule has 0 unspecified atom stereocenters. The molecule has 0 aliphatic heterocycles. The Morgan fingerprint density at radius 3 is 2.10 bits per heavy atom. The number of nitrogens with two attached hydrogens (primary N) is 1. The SMILES string of the molecule is CCC(=O)CCC(=O)CN. The molecule has 0 bridgehead atoms. The molecule has 0 spiro atoms. The van der Waals surface area contributed by atoms with E-state index < -0.39 is 0 Å². The second-order valence-corrected chi connectivity index (χ2v) is 2.14. The van der Waals surface area contributed by atoms with E-state index in [1.165, 1.54) is 0 Å². The molecule has 0 rings (SSSR count). The standard InChI is InChI=1S/C7H13NO2/c1-2-6(9)3-4-7(10)5-8/h2-5,8H2,1H3. The predicted molar refractivity (Wildman–Crippen MR) is 38.6 cm³/mol. The zero-order valence-corrected chi connectivity index (χ0v) is 6.22. The van der Waals surface area contributed by atoms with Crippen molar-refractivity contribution in [2.45, 2.75) is 26.2 Å². The molecule has 0 heterocycles. The van der Waals surface area contributed by atoms with Crippen molar-refractivity contribution >= 4 is 11.6 Å². The summed E-state index contributed by atoms with van der Waals surface area (Å²) < 4.78 is 0. The van der Waals surface area contributed by atoms with Crippen LogP contribution in [0.2, 0.25) is 0 Å². The van der Waals surface area contributed by atoms with Crippen molar-refractivity contribution in [2.24, 2.45) is 5.73 Å². The minimum absolute atomic E-state index is 0.0400. The molecule has 2 N–H and O–H groups in total. The lowest BCUT2D eigenvalue weighted by molar-refractivity contribution is -0.123. The van der Waals surface area contributed by atoms with Gasteiger partial charge in [0.15, 0.2) is 0 Å². The van der Waals surface area contributed by atoms with Gasteiger partial charge in [-0.25, -0.2) is 0 Å². The highest BCUT2D eigenvalue weighted by Crippen LogP contribution is 1.94. The summed E-state index contributed by atoms with van der Waals surface area (Å²) in [5.74, 6) is 0.0867. The van der Waals surface area contributed by atoms with E-state index in [0.29, 0.717) is 19.3 Å². The number of hydrogen-bond acceptors (Lipinski definition) is 3. The Bertz CT molecular complexity index is 116. The number of ketones is 2. The normalized spacial score (nSPS) is 9.40. The third-order valence-electron chi connectivity index (χ3n) is 1.30. The summed E-state index contributed by atoms with van der Waals surface area (Å²) in [6.45, 7) is 1.84. The Hall–Kier alpha value is -0.700. The largest absolute Gasteiger partial charge is 0.324 e. The van der Waals surface area contributed by atoms with Gasteiger partial charge in [0.1, 0.15) is 11.6 Å². The van der Waals surface area contributed by atoms with Gasteiger partial charge in [-0.1, -0.05) is 6.92 Å². The lowest BCUT2D eigenvalue weighted by atomic mass is 10.1. The van der Waals surface area contributed by atoms with Crippen LogP contribution in [0.4, 0.5) is 0 Å². The fraction of sp³-hybridized carbons (Fsp3) is 0.714. The van der Waals surface area contributed by atoms with Gasteiger partial charge in [0.25, 0.3) is 0 Å². The first-order chi connectivity index (χ1) is 4.70. The molecular formula is C7H13NO2. The highest BCUT2D eigenvalue weighted by atomic mass is 16.1. The summed E-state index contributed by atoms with van der Waals surface area (Å²) in [5, 5.41) is 0. The van der Waals surface area contributed by atoms with Crippen LogP contribution in [0.3, 0.4) is 0 Å². The molecule has 0 aromatic carbocycles. The van der Waals surface area contributed by atoms with Crippen molar-refractivity contribution in [3.8, 4) is 0 Å². The first kappa shape index (κ1) is 9.30. The van der Waals surface area contributed by atoms with Gasteiger partial charge in [-0.2, -0.15) is 0 Å². The van der Waals surface area contributed by atoms with Crippen molar-refractivity contribution in [1.29, 1.82) is 0 Å². The topological polar surface area (TPSA) is 60.2 Å². The average Bonchev–Trinajstić information content (AvgIpc) is 1.99. The first-order valence-corrected chi connectivity index (χ1v) is 3.44. The second kappa shape index (κ2) is 5.11. The number of hydrogen-bond donors (Lipinski definition) is 1. The molecule has 0 saturated heterocycles. The second-order valence-electron chi connectivity index (χ2n) is 2.14. The van der Waals surface area contributed by atoms with Crippen molar-refractivity contribution < 1.29 is 9.59 Å². The van der Waals surface area contributed by atoms with Crippen molar-refractivity contribution in [3.63, 3.8) is 0 Å². The Labute approximate surface area is 60.6 Å². The monoisotopic (exact) mass is 143 g/mol. The smallest absolute Gasteiger partial charge is 0.146 e. The van der Waals surface area contributed by atoms with E-state index in [2.05, 4.69) is 0 Å². The van der Waals surface area contributed by atoms with Crippen LogP contribution >= 0.6 is 0 Å². The molecule has 0 radical (unpaired) electrons. The lowest BCUT2D eigenvalue weighted by Crippen LogP contribution is -2.14. The zero-order valence-electron chi connectivity index (χ0n) is 6.22. The van der Waals surface area contributed by atoms with Crippen molar-refractivity contribution in [2.75, 3.05) is 6.54 Å². The van der Waals surface area contributed by atoms with Crippen LogP contribution in [0, 0.1) is 0 Å². The molecule has 0 aromatic heterocycles. The molecule has 3 heteroatoms. The maximum Gasteiger partial charge on any atom is 0.146 e. The fourth-order valence-corrected chi connectivity index (χ4v) is 0.558. The predicted octanol–water partition coefficient (Wildman–Crippen LogP) is 0.274. The molecular weight excluding hydrogens is 130 g/mol. The van der Waals surface area contributed by atoms with Gasteiger partial charge >= 0.3 is 0 Å². The van der Waals surface area contributed by atoms with Crippen LogP contribution < -0.4 is 5.73 Å². The lowest BCUT2D eigenvalue weighted by Gasteiger charge is -1.94. The summed E-state index contributed by atoms with van der Waals surface area (Å²) in [4.78, 5) is 21.2. The maximum atomic E-state index is 10.6. The van der Waals surface area contributed by atoms with Gasteiger partial charge < -0.3 is 5.73 Å². The van der Waals surface area contributed by atoms with Gasteiger partial charge in [0.2, 0.25) is 0 Å². The molecule has 58 valence electrons. The van der Waals surface area contributed by atoms with Crippen molar-refractivity contribution in [1.82, 2.24) is 0 Å². The molecule has 0 aliphatic rings. The Kier molecular flexibility index (Phi) is 4.76. The van der Waals surface area contributed by atoms with E-state index in [9.17, 15) is 9.59 Å². The van der Waals surface area contributed by atoms with Gasteiger partial charge in [-0.3, -0.25) is 9.59 Å². The van der Waals surface area contributed by atoms with Crippen LogP contribution in [0.5, 0.6) is 0 Å². The summed E-state index contributed by atoms with van der Waals surface area (Å²) in [7, 11) is 0. The molecule has 0 atom stereocenters. The van der Waals surface area contributed by atoms with Crippen LogP contribution in [-0.2, 0) is 9.59 Å². The summed E-state index contributed by atoms with van der Waals surface area (Å²) in [5.41, 5.74) is 5.04. The van der Waals surface area contributed by atoms with Gasteiger partial charge in [-0.15, -0.1) is 0 Å². The number of carbonyl (C=O) groups excluding carboxylic acids is 2. The Morgan fingerprint density at radius 2 is 1.70 bits per heavy atom. The molecule has 0 aliphatic carbocycles. The number of carbonyl (C=O) groups is 2. The first-order valence-electron chi connectivity index (χ1n) is 3.44. The minimum atomic E-state index is -0.0400. The van der Waals surface area contributed by atoms with E-state index in [-0.39, 0.29) is 18.1 Å². The van der Waals surface area contributed by atoms with E-state index in [4.69, 9.17) is 5.73 Å². The minimum Gasteiger partial charge on any atom is -0.324 e. The Balaban J connectivity index is 3.35.